The standard InChI is InChI=1S/C9H13NOS/c1-3-7(11-2)9(10)8-5-4-6-12-8/h3-7,9H,1,10H2,2H3/t7-,9+/m1/s1. The van der Waals surface area contributed by atoms with Crippen LogP contribution < -0.4 is 5.73 Å². The van der Waals surface area contributed by atoms with Crippen LogP contribution in [0.4, 0.5) is 0 Å². The fraction of sp³-hybridized carbons (Fsp3) is 0.333. The van der Waals surface area contributed by atoms with Gasteiger partial charge in [0, 0.05) is 12.0 Å². The summed E-state index contributed by atoms with van der Waals surface area (Å²) in [7, 11) is 1.64. The molecule has 0 unspecified atom stereocenters. The summed E-state index contributed by atoms with van der Waals surface area (Å²) < 4.78 is 5.15. The van der Waals surface area contributed by atoms with Crippen molar-refractivity contribution in [2.75, 3.05) is 7.11 Å². The topological polar surface area (TPSA) is 35.2 Å². The zero-order chi connectivity index (χ0) is 8.97. The van der Waals surface area contributed by atoms with E-state index in [4.69, 9.17) is 10.5 Å². The molecule has 2 N–H and O–H groups in total. The van der Waals surface area contributed by atoms with Crippen molar-refractivity contribution in [3.05, 3.63) is 35.0 Å². The van der Waals surface area contributed by atoms with Gasteiger partial charge in [-0.3, -0.25) is 0 Å². The van der Waals surface area contributed by atoms with Crippen LogP contribution in [0.3, 0.4) is 0 Å². The first kappa shape index (κ1) is 9.45. The second kappa shape index (κ2) is 4.40. The Labute approximate surface area is 76.7 Å². The van der Waals surface area contributed by atoms with Gasteiger partial charge in [0.1, 0.15) is 0 Å². The van der Waals surface area contributed by atoms with Gasteiger partial charge in [-0.1, -0.05) is 12.1 Å². The molecule has 0 amide bonds. The number of ether oxygens (including phenoxy) is 1. The van der Waals surface area contributed by atoms with Crippen molar-refractivity contribution < 1.29 is 4.74 Å². The van der Waals surface area contributed by atoms with Crippen LogP contribution in [0.1, 0.15) is 10.9 Å². The Hall–Kier alpha value is -0.640. The third-order valence-electron chi connectivity index (χ3n) is 1.73. The molecule has 0 aliphatic carbocycles. The van der Waals surface area contributed by atoms with E-state index < -0.39 is 0 Å². The summed E-state index contributed by atoms with van der Waals surface area (Å²) >= 11 is 1.64. The molecule has 2 nitrogen and oxygen atoms in total. The molecule has 1 rings (SSSR count). The molecule has 12 heavy (non-hydrogen) atoms. The molecular formula is C9H13NOS. The second-order valence-electron chi connectivity index (χ2n) is 2.48. The maximum atomic E-state index is 5.92. The van der Waals surface area contributed by atoms with Crippen molar-refractivity contribution in [2.45, 2.75) is 12.1 Å². The normalized spacial score (nSPS) is 15.5. The van der Waals surface area contributed by atoms with Crippen LogP contribution >= 0.6 is 11.3 Å². The second-order valence-corrected chi connectivity index (χ2v) is 3.46. The van der Waals surface area contributed by atoms with Crippen LogP contribution in [0.5, 0.6) is 0 Å². The lowest BCUT2D eigenvalue weighted by Crippen LogP contribution is -2.25. The molecule has 0 radical (unpaired) electrons. The molecule has 0 aliphatic rings. The summed E-state index contributed by atoms with van der Waals surface area (Å²) in [6.07, 6.45) is 1.63. The summed E-state index contributed by atoms with van der Waals surface area (Å²) in [5.41, 5.74) is 5.92. The van der Waals surface area contributed by atoms with E-state index in [1.807, 2.05) is 17.5 Å². The predicted molar refractivity (Wildman–Crippen MR) is 52.2 cm³/mol. The summed E-state index contributed by atoms with van der Waals surface area (Å²) in [6, 6.07) is 3.90. The SMILES string of the molecule is C=C[C@@H](OC)[C@H](N)c1cccs1. The molecule has 0 saturated heterocycles. The first-order chi connectivity index (χ1) is 5.79. The fourth-order valence-electron chi connectivity index (χ4n) is 1.03. The summed E-state index contributed by atoms with van der Waals surface area (Å²) in [5.74, 6) is 0. The van der Waals surface area contributed by atoms with Crippen LogP contribution in [0.25, 0.3) is 0 Å². The zero-order valence-electron chi connectivity index (χ0n) is 7.07. The fourth-order valence-corrected chi connectivity index (χ4v) is 1.79. The molecule has 0 saturated carbocycles. The zero-order valence-corrected chi connectivity index (χ0v) is 7.88. The molecule has 2 atom stereocenters. The van der Waals surface area contributed by atoms with Crippen LogP contribution in [-0.2, 0) is 4.74 Å². The van der Waals surface area contributed by atoms with E-state index in [1.165, 1.54) is 0 Å². The van der Waals surface area contributed by atoms with E-state index in [9.17, 15) is 0 Å². The lowest BCUT2D eigenvalue weighted by Gasteiger charge is -2.17. The minimum absolute atomic E-state index is 0.0903. The molecule has 66 valence electrons. The van der Waals surface area contributed by atoms with Crippen LogP contribution in [0.2, 0.25) is 0 Å². The molecule has 0 aliphatic heterocycles. The van der Waals surface area contributed by atoms with Gasteiger partial charge >= 0.3 is 0 Å². The lowest BCUT2D eigenvalue weighted by molar-refractivity contribution is 0.120. The molecule has 1 heterocycles. The van der Waals surface area contributed by atoms with E-state index in [0.29, 0.717) is 0 Å². The molecule has 3 heteroatoms. The van der Waals surface area contributed by atoms with Gasteiger partial charge in [0.05, 0.1) is 12.1 Å². The number of hydrogen-bond acceptors (Lipinski definition) is 3. The quantitative estimate of drug-likeness (QED) is 0.724. The Morgan fingerprint density at radius 2 is 2.50 bits per heavy atom. The summed E-state index contributed by atoms with van der Waals surface area (Å²) in [4.78, 5) is 1.13. The van der Waals surface area contributed by atoms with Crippen LogP contribution in [0, 0.1) is 0 Å². The molecule has 0 bridgehead atoms. The number of rotatable bonds is 4. The number of nitrogens with two attached hydrogens (primary N) is 1. The van der Waals surface area contributed by atoms with Gasteiger partial charge in [-0.2, -0.15) is 0 Å². The van der Waals surface area contributed by atoms with E-state index in [-0.39, 0.29) is 12.1 Å². The van der Waals surface area contributed by atoms with Crippen LogP contribution in [0.15, 0.2) is 30.2 Å². The van der Waals surface area contributed by atoms with E-state index in [1.54, 1.807) is 24.5 Å². The van der Waals surface area contributed by atoms with Crippen molar-refractivity contribution in [3.63, 3.8) is 0 Å². The number of hydrogen-bond donors (Lipinski definition) is 1. The highest BCUT2D eigenvalue weighted by molar-refractivity contribution is 7.10. The Morgan fingerprint density at radius 1 is 1.75 bits per heavy atom. The number of thiophene rings is 1. The highest BCUT2D eigenvalue weighted by atomic mass is 32.1. The van der Waals surface area contributed by atoms with E-state index >= 15 is 0 Å². The average molecular weight is 183 g/mol. The maximum Gasteiger partial charge on any atom is 0.0950 e. The Balaban J connectivity index is 2.69. The van der Waals surface area contributed by atoms with Gasteiger partial charge in [-0.15, -0.1) is 17.9 Å². The third kappa shape index (κ3) is 1.94. The molecule has 0 fully saturated rings. The lowest BCUT2D eigenvalue weighted by atomic mass is 10.1. The highest BCUT2D eigenvalue weighted by Crippen LogP contribution is 2.21. The molecule has 1 aromatic heterocycles. The van der Waals surface area contributed by atoms with Gasteiger partial charge in [-0.25, -0.2) is 0 Å². The first-order valence-electron chi connectivity index (χ1n) is 3.74. The van der Waals surface area contributed by atoms with Gasteiger partial charge in [0.15, 0.2) is 0 Å². The summed E-state index contributed by atoms with van der Waals surface area (Å²) in [5, 5.41) is 2.00. The summed E-state index contributed by atoms with van der Waals surface area (Å²) in [6.45, 7) is 3.66. The average Bonchev–Trinajstić information content (AvgIpc) is 2.58. The van der Waals surface area contributed by atoms with Crippen LogP contribution in [-0.4, -0.2) is 13.2 Å². The largest absolute Gasteiger partial charge is 0.375 e. The Morgan fingerprint density at radius 3 is 2.92 bits per heavy atom. The van der Waals surface area contributed by atoms with Gasteiger partial charge in [0.25, 0.3) is 0 Å². The van der Waals surface area contributed by atoms with Gasteiger partial charge < -0.3 is 10.5 Å². The smallest absolute Gasteiger partial charge is 0.0950 e. The van der Waals surface area contributed by atoms with Crippen molar-refractivity contribution in [1.82, 2.24) is 0 Å². The maximum absolute atomic E-state index is 5.92. The van der Waals surface area contributed by atoms with Crippen molar-refractivity contribution >= 4 is 11.3 Å². The first-order valence-corrected chi connectivity index (χ1v) is 4.62. The minimum atomic E-state index is -0.0938. The van der Waals surface area contributed by atoms with Gasteiger partial charge in [-0.05, 0) is 11.4 Å². The van der Waals surface area contributed by atoms with Crippen molar-refractivity contribution in [2.24, 2.45) is 5.73 Å². The van der Waals surface area contributed by atoms with Gasteiger partial charge in [0.2, 0.25) is 0 Å². The van der Waals surface area contributed by atoms with Crippen molar-refractivity contribution in [1.29, 1.82) is 0 Å². The van der Waals surface area contributed by atoms with Crippen molar-refractivity contribution in [3.8, 4) is 0 Å². The van der Waals surface area contributed by atoms with E-state index in [2.05, 4.69) is 6.58 Å². The third-order valence-corrected chi connectivity index (χ3v) is 2.70. The molecule has 1 aromatic rings. The monoisotopic (exact) mass is 183 g/mol. The molecule has 0 spiro atoms. The minimum Gasteiger partial charge on any atom is -0.375 e. The predicted octanol–water partition coefficient (Wildman–Crippen LogP) is 1.95. The Bertz CT molecular complexity index is 233. The molecular weight excluding hydrogens is 170 g/mol. The Kier molecular flexibility index (Phi) is 3.47. The molecule has 0 aromatic carbocycles. The van der Waals surface area contributed by atoms with E-state index in [0.717, 1.165) is 4.88 Å². The highest BCUT2D eigenvalue weighted by Gasteiger charge is 2.15. The number of methoxy groups -OCH3 is 1.